The number of aliphatic hydroxyl groups excluding tert-OH is 3. The van der Waals surface area contributed by atoms with Gasteiger partial charge in [-0.1, -0.05) is 48.0 Å². The Hall–Kier alpha value is -0.450. The first-order valence-corrected chi connectivity index (χ1v) is 14.0. The lowest BCUT2D eigenvalue weighted by molar-refractivity contribution is -0.161. The Labute approximate surface area is 201 Å². The van der Waals surface area contributed by atoms with Crippen LogP contribution in [0.25, 0.3) is 0 Å². The van der Waals surface area contributed by atoms with Crippen molar-refractivity contribution in [1.82, 2.24) is 0 Å². The second kappa shape index (κ2) is 9.21. The molecule has 0 bridgehead atoms. The van der Waals surface area contributed by atoms with Crippen LogP contribution in [0, 0.1) is 58.2 Å². The van der Waals surface area contributed by atoms with Gasteiger partial charge in [-0.15, -0.1) is 0 Å². The zero-order valence-corrected chi connectivity index (χ0v) is 22.0. The lowest BCUT2D eigenvalue weighted by atomic mass is 9.44. The Kier molecular flexibility index (Phi) is 7.15. The van der Waals surface area contributed by atoms with Crippen LogP contribution in [0.5, 0.6) is 0 Å². The highest BCUT2D eigenvalue weighted by Gasteiger charge is 2.63. The minimum Gasteiger partial charge on any atom is -0.393 e. The third-order valence-corrected chi connectivity index (χ3v) is 11.8. The van der Waals surface area contributed by atoms with E-state index in [4.69, 9.17) is 0 Å². The van der Waals surface area contributed by atoms with E-state index < -0.39 is 12.2 Å². The van der Waals surface area contributed by atoms with Crippen molar-refractivity contribution >= 4 is 5.78 Å². The number of hydrogen-bond acceptors (Lipinski definition) is 4. The third kappa shape index (κ3) is 4.04. The SMILES string of the molecule is CC[C@@H](C(C)C)[C@@H](O)[C@H](O)[C@@H](C)[C@H]1CC[C@H]2[C@@H]3CC(=O)[C@H]4C[C@H](O)CC[C@]4(C)[C@H]3CC[C@@]12C. The van der Waals surface area contributed by atoms with Gasteiger partial charge in [0, 0.05) is 12.3 Å². The standard InChI is InChI=1S/C29H50O4/c1-7-19(16(2)3)27(33)26(32)17(4)21-8-9-22-20-15-25(31)24-14-18(30)10-12-29(24,6)23(20)11-13-28(21,22)5/h16-24,26-27,30,32-33H,7-15H2,1-6H3/t17-,18+,19-,20-,21+,22-,23-,24+,26+,27+,28-,29+/m0/s1. The van der Waals surface area contributed by atoms with E-state index in [1.54, 1.807) is 0 Å². The van der Waals surface area contributed by atoms with Crippen LogP contribution in [-0.2, 0) is 4.79 Å². The van der Waals surface area contributed by atoms with Crippen LogP contribution in [-0.4, -0.2) is 39.4 Å². The smallest absolute Gasteiger partial charge is 0.136 e. The molecule has 3 N–H and O–H groups in total. The van der Waals surface area contributed by atoms with Crippen molar-refractivity contribution in [2.45, 2.75) is 118 Å². The molecule has 4 nitrogen and oxygen atoms in total. The summed E-state index contributed by atoms with van der Waals surface area (Å²) in [6.07, 6.45) is 6.96. The van der Waals surface area contributed by atoms with Gasteiger partial charge in [0.25, 0.3) is 0 Å². The molecule has 4 saturated carbocycles. The molecule has 0 heterocycles. The highest BCUT2D eigenvalue weighted by molar-refractivity contribution is 5.83. The number of carbonyl (C=O) groups excluding carboxylic acids is 1. The quantitative estimate of drug-likeness (QED) is 0.505. The molecule has 0 radical (unpaired) electrons. The number of rotatable bonds is 6. The topological polar surface area (TPSA) is 77.8 Å². The summed E-state index contributed by atoms with van der Waals surface area (Å²) in [6, 6.07) is 0. The molecule has 0 spiro atoms. The summed E-state index contributed by atoms with van der Waals surface area (Å²) < 4.78 is 0. The minimum absolute atomic E-state index is 0.0435. The van der Waals surface area contributed by atoms with Gasteiger partial charge >= 0.3 is 0 Å². The fraction of sp³-hybridized carbons (Fsp3) is 0.966. The Balaban J connectivity index is 1.54. The van der Waals surface area contributed by atoms with E-state index in [9.17, 15) is 20.1 Å². The number of carbonyl (C=O) groups is 1. The maximum Gasteiger partial charge on any atom is 0.136 e. The molecular weight excluding hydrogens is 412 g/mol. The monoisotopic (exact) mass is 462 g/mol. The highest BCUT2D eigenvalue weighted by Crippen LogP contribution is 2.67. The van der Waals surface area contributed by atoms with Crippen LogP contribution in [0.1, 0.15) is 99.3 Å². The second-order valence-corrected chi connectivity index (χ2v) is 13.4. The Morgan fingerprint density at radius 3 is 2.21 bits per heavy atom. The van der Waals surface area contributed by atoms with Gasteiger partial charge in [-0.05, 0) is 97.2 Å². The van der Waals surface area contributed by atoms with E-state index in [0.717, 1.165) is 38.5 Å². The van der Waals surface area contributed by atoms with Crippen molar-refractivity contribution in [3.8, 4) is 0 Å². The molecule has 4 aliphatic carbocycles. The summed E-state index contributed by atoms with van der Waals surface area (Å²) in [5.74, 6) is 2.94. The Morgan fingerprint density at radius 1 is 0.939 bits per heavy atom. The average molecular weight is 463 g/mol. The number of fused-ring (bicyclic) bond motifs is 5. The highest BCUT2D eigenvalue weighted by atomic mass is 16.3. The number of ketones is 1. The molecule has 12 atom stereocenters. The lowest BCUT2D eigenvalue weighted by Crippen LogP contribution is -2.57. The van der Waals surface area contributed by atoms with Gasteiger partial charge in [-0.25, -0.2) is 0 Å². The average Bonchev–Trinajstić information content (AvgIpc) is 3.11. The fourth-order valence-corrected chi connectivity index (χ4v) is 9.83. The Morgan fingerprint density at radius 2 is 1.58 bits per heavy atom. The molecule has 0 aliphatic heterocycles. The van der Waals surface area contributed by atoms with Gasteiger partial charge in [0.05, 0.1) is 18.3 Å². The van der Waals surface area contributed by atoms with Gasteiger partial charge < -0.3 is 15.3 Å². The van der Waals surface area contributed by atoms with Gasteiger partial charge in [-0.2, -0.15) is 0 Å². The molecular formula is C29H50O4. The predicted molar refractivity (Wildman–Crippen MR) is 131 cm³/mol. The van der Waals surface area contributed by atoms with E-state index in [-0.39, 0.29) is 34.7 Å². The molecule has 0 aromatic heterocycles. The van der Waals surface area contributed by atoms with Gasteiger partial charge in [0.2, 0.25) is 0 Å². The van der Waals surface area contributed by atoms with Crippen LogP contribution in [0.3, 0.4) is 0 Å². The molecule has 33 heavy (non-hydrogen) atoms. The van der Waals surface area contributed by atoms with Crippen LogP contribution in [0.2, 0.25) is 0 Å². The first-order chi connectivity index (χ1) is 15.5. The number of Topliss-reactive ketones (excluding diaryl/α,β-unsaturated/α-hetero) is 1. The molecule has 0 amide bonds. The van der Waals surface area contributed by atoms with E-state index in [2.05, 4.69) is 41.5 Å². The molecule has 190 valence electrons. The minimum atomic E-state index is -0.689. The van der Waals surface area contributed by atoms with Gasteiger partial charge in [-0.3, -0.25) is 4.79 Å². The maximum atomic E-state index is 13.3. The molecule has 0 aromatic rings. The largest absolute Gasteiger partial charge is 0.393 e. The van der Waals surface area contributed by atoms with Crippen LogP contribution < -0.4 is 0 Å². The number of hydrogen-bond donors (Lipinski definition) is 3. The molecule has 0 saturated heterocycles. The maximum absolute atomic E-state index is 13.3. The summed E-state index contributed by atoms with van der Waals surface area (Å²) >= 11 is 0. The predicted octanol–water partition coefficient (Wildman–Crippen LogP) is 5.23. The summed E-state index contributed by atoms with van der Waals surface area (Å²) in [4.78, 5) is 13.3. The molecule has 0 aromatic carbocycles. The summed E-state index contributed by atoms with van der Waals surface area (Å²) in [7, 11) is 0. The zero-order valence-electron chi connectivity index (χ0n) is 22.0. The molecule has 4 aliphatic rings. The summed E-state index contributed by atoms with van der Waals surface area (Å²) in [5.41, 5.74) is 0.185. The Bertz CT molecular complexity index is 720. The summed E-state index contributed by atoms with van der Waals surface area (Å²) in [6.45, 7) is 13.3. The normalized spacial score (nSPS) is 46.8. The van der Waals surface area contributed by atoms with Crippen LogP contribution in [0.4, 0.5) is 0 Å². The molecule has 4 rings (SSSR count). The molecule has 4 fully saturated rings. The van der Waals surface area contributed by atoms with Crippen molar-refractivity contribution in [2.75, 3.05) is 0 Å². The molecule has 0 unspecified atom stereocenters. The van der Waals surface area contributed by atoms with Crippen molar-refractivity contribution in [2.24, 2.45) is 58.2 Å². The first-order valence-electron chi connectivity index (χ1n) is 14.0. The van der Waals surface area contributed by atoms with Crippen LogP contribution >= 0.6 is 0 Å². The van der Waals surface area contributed by atoms with Crippen molar-refractivity contribution in [3.63, 3.8) is 0 Å². The van der Waals surface area contributed by atoms with Crippen molar-refractivity contribution in [1.29, 1.82) is 0 Å². The fourth-order valence-electron chi connectivity index (χ4n) is 9.83. The van der Waals surface area contributed by atoms with Gasteiger partial charge in [0.1, 0.15) is 5.78 Å². The number of aliphatic hydroxyl groups is 3. The zero-order chi connectivity index (χ0) is 24.3. The molecule has 4 heteroatoms. The van der Waals surface area contributed by atoms with Crippen molar-refractivity contribution in [3.05, 3.63) is 0 Å². The van der Waals surface area contributed by atoms with Gasteiger partial charge in [0.15, 0.2) is 0 Å². The van der Waals surface area contributed by atoms with E-state index in [1.165, 1.54) is 6.42 Å². The van der Waals surface area contributed by atoms with Crippen LogP contribution in [0.15, 0.2) is 0 Å². The lowest BCUT2D eigenvalue weighted by Gasteiger charge is -2.60. The van der Waals surface area contributed by atoms with E-state index >= 15 is 0 Å². The third-order valence-electron chi connectivity index (χ3n) is 11.8. The van der Waals surface area contributed by atoms with E-state index in [1.807, 2.05) is 0 Å². The first kappa shape index (κ1) is 25.6. The van der Waals surface area contributed by atoms with Crippen molar-refractivity contribution < 1.29 is 20.1 Å². The van der Waals surface area contributed by atoms with E-state index in [0.29, 0.717) is 48.2 Å². The second-order valence-electron chi connectivity index (χ2n) is 13.4. The summed E-state index contributed by atoms with van der Waals surface area (Å²) in [5, 5.41) is 32.6.